The first-order chi connectivity index (χ1) is 14.2. The van der Waals surface area contributed by atoms with Gasteiger partial charge in [0, 0.05) is 23.2 Å². The predicted molar refractivity (Wildman–Crippen MR) is 121 cm³/mol. The lowest BCUT2D eigenvalue weighted by Crippen LogP contribution is -2.40. The third-order valence-electron chi connectivity index (χ3n) is 4.55. The quantitative estimate of drug-likeness (QED) is 0.443. The SMILES string of the molecule is CCC(C)N(Cc1ccc(OC)c(OS(C)(=O)=O)c1)C(=O)Nc1ccc(SC)cc1. The van der Waals surface area contributed by atoms with Crippen molar-refractivity contribution in [3.63, 3.8) is 0 Å². The van der Waals surface area contributed by atoms with Crippen molar-refractivity contribution in [3.8, 4) is 11.5 Å². The zero-order valence-electron chi connectivity index (χ0n) is 17.8. The van der Waals surface area contributed by atoms with E-state index in [-0.39, 0.29) is 24.4 Å². The minimum atomic E-state index is -3.71. The monoisotopic (exact) mass is 452 g/mol. The summed E-state index contributed by atoms with van der Waals surface area (Å²) in [5.74, 6) is 0.396. The van der Waals surface area contributed by atoms with Crippen molar-refractivity contribution in [1.29, 1.82) is 0 Å². The standard InChI is InChI=1S/C21H28N2O5S2/c1-6-15(2)23(21(24)22-17-8-10-18(29-4)11-9-17)14-16-7-12-19(27-3)20(13-16)28-30(5,25)26/h7-13,15H,6,14H2,1-5H3,(H,22,24). The number of anilines is 1. The van der Waals surface area contributed by atoms with E-state index < -0.39 is 10.1 Å². The Kier molecular flexibility index (Phi) is 8.43. The molecular formula is C21H28N2O5S2. The molecule has 0 aliphatic rings. The number of amides is 2. The molecular weight excluding hydrogens is 424 g/mol. The molecule has 0 bridgehead atoms. The Morgan fingerprint density at radius 2 is 1.83 bits per heavy atom. The van der Waals surface area contributed by atoms with Gasteiger partial charge < -0.3 is 19.1 Å². The predicted octanol–water partition coefficient (Wildman–Crippen LogP) is 4.59. The van der Waals surface area contributed by atoms with E-state index in [1.165, 1.54) is 7.11 Å². The number of benzene rings is 2. The summed E-state index contributed by atoms with van der Waals surface area (Å²) in [6.07, 6.45) is 3.73. The molecule has 1 N–H and O–H groups in total. The highest BCUT2D eigenvalue weighted by Crippen LogP contribution is 2.30. The zero-order chi connectivity index (χ0) is 22.3. The summed E-state index contributed by atoms with van der Waals surface area (Å²) >= 11 is 1.63. The van der Waals surface area contributed by atoms with Gasteiger partial charge in [0.05, 0.1) is 13.4 Å². The zero-order valence-corrected chi connectivity index (χ0v) is 19.5. The van der Waals surface area contributed by atoms with Crippen molar-refractivity contribution in [2.75, 3.05) is 24.9 Å². The van der Waals surface area contributed by atoms with Crippen molar-refractivity contribution in [3.05, 3.63) is 48.0 Å². The minimum absolute atomic E-state index is 0.0307. The lowest BCUT2D eigenvalue weighted by atomic mass is 10.1. The third kappa shape index (κ3) is 6.84. The Bertz CT molecular complexity index is 962. The van der Waals surface area contributed by atoms with Crippen LogP contribution in [0.3, 0.4) is 0 Å². The van der Waals surface area contributed by atoms with Crippen LogP contribution >= 0.6 is 11.8 Å². The average molecular weight is 453 g/mol. The maximum Gasteiger partial charge on any atom is 0.322 e. The van der Waals surface area contributed by atoms with Gasteiger partial charge in [0.2, 0.25) is 0 Å². The van der Waals surface area contributed by atoms with E-state index >= 15 is 0 Å². The number of ether oxygens (including phenoxy) is 1. The Labute approximate surface area is 182 Å². The van der Waals surface area contributed by atoms with Crippen molar-refractivity contribution in [1.82, 2.24) is 4.90 Å². The molecule has 0 radical (unpaired) electrons. The van der Waals surface area contributed by atoms with E-state index in [1.807, 2.05) is 44.4 Å². The van der Waals surface area contributed by atoms with Gasteiger partial charge in [-0.3, -0.25) is 0 Å². The second-order valence-electron chi connectivity index (χ2n) is 6.82. The van der Waals surface area contributed by atoms with Gasteiger partial charge in [0.25, 0.3) is 0 Å². The molecule has 7 nitrogen and oxygen atoms in total. The van der Waals surface area contributed by atoms with Crippen molar-refractivity contribution in [2.45, 2.75) is 37.8 Å². The van der Waals surface area contributed by atoms with Gasteiger partial charge in [-0.2, -0.15) is 8.42 Å². The molecule has 0 fully saturated rings. The first kappa shape index (κ1) is 23.9. The molecule has 0 aromatic heterocycles. The average Bonchev–Trinajstić information content (AvgIpc) is 2.71. The molecule has 0 spiro atoms. The van der Waals surface area contributed by atoms with Crippen LogP contribution in [-0.2, 0) is 16.7 Å². The second-order valence-corrected chi connectivity index (χ2v) is 9.27. The number of carbonyl (C=O) groups excluding carboxylic acids is 1. The Balaban J connectivity index is 2.24. The molecule has 164 valence electrons. The molecule has 1 unspecified atom stereocenters. The number of urea groups is 1. The van der Waals surface area contributed by atoms with Gasteiger partial charge in [-0.1, -0.05) is 13.0 Å². The third-order valence-corrected chi connectivity index (χ3v) is 5.77. The molecule has 2 rings (SSSR count). The van der Waals surface area contributed by atoms with Crippen molar-refractivity contribution >= 4 is 33.6 Å². The number of rotatable bonds is 9. The number of nitrogens with one attached hydrogen (secondary N) is 1. The van der Waals surface area contributed by atoms with Crippen LogP contribution in [0.15, 0.2) is 47.4 Å². The Morgan fingerprint density at radius 3 is 2.37 bits per heavy atom. The molecule has 0 saturated heterocycles. The topological polar surface area (TPSA) is 84.9 Å². The summed E-state index contributed by atoms with van der Waals surface area (Å²) in [5.41, 5.74) is 1.43. The summed E-state index contributed by atoms with van der Waals surface area (Å²) in [4.78, 5) is 15.8. The molecule has 2 aromatic carbocycles. The summed E-state index contributed by atoms with van der Waals surface area (Å²) in [6, 6.07) is 12.4. The summed E-state index contributed by atoms with van der Waals surface area (Å²) in [5, 5.41) is 2.93. The Morgan fingerprint density at radius 1 is 1.17 bits per heavy atom. The smallest absolute Gasteiger partial charge is 0.322 e. The first-order valence-electron chi connectivity index (χ1n) is 9.44. The summed E-state index contributed by atoms with van der Waals surface area (Å²) in [7, 11) is -2.28. The van der Waals surface area contributed by atoms with Crippen LogP contribution in [0.4, 0.5) is 10.5 Å². The molecule has 0 heterocycles. The summed E-state index contributed by atoms with van der Waals surface area (Å²) in [6.45, 7) is 4.26. The molecule has 0 aliphatic heterocycles. The fourth-order valence-corrected chi connectivity index (χ4v) is 3.63. The highest BCUT2D eigenvalue weighted by atomic mass is 32.2. The van der Waals surface area contributed by atoms with E-state index in [0.717, 1.165) is 23.1 Å². The first-order valence-corrected chi connectivity index (χ1v) is 12.5. The van der Waals surface area contributed by atoms with Crippen LogP contribution in [-0.4, -0.2) is 45.0 Å². The van der Waals surface area contributed by atoms with Crippen molar-refractivity contribution in [2.24, 2.45) is 0 Å². The van der Waals surface area contributed by atoms with E-state index in [9.17, 15) is 13.2 Å². The molecule has 1 atom stereocenters. The van der Waals surface area contributed by atoms with Crippen molar-refractivity contribution < 1.29 is 22.1 Å². The van der Waals surface area contributed by atoms with Crippen LogP contribution in [0, 0.1) is 0 Å². The van der Waals surface area contributed by atoms with E-state index in [1.54, 1.807) is 34.9 Å². The highest BCUT2D eigenvalue weighted by molar-refractivity contribution is 7.98. The molecule has 2 aromatic rings. The number of thioether (sulfide) groups is 1. The van der Waals surface area contributed by atoms with Crippen LogP contribution < -0.4 is 14.2 Å². The fraction of sp³-hybridized carbons (Fsp3) is 0.381. The summed E-state index contributed by atoms with van der Waals surface area (Å²) < 4.78 is 33.3. The number of nitrogens with zero attached hydrogens (tertiary/aromatic N) is 1. The van der Waals surface area contributed by atoms with Gasteiger partial charge in [-0.15, -0.1) is 11.8 Å². The van der Waals surface area contributed by atoms with Crippen LogP contribution in [0.2, 0.25) is 0 Å². The number of methoxy groups -OCH3 is 1. The fourth-order valence-electron chi connectivity index (χ4n) is 2.76. The van der Waals surface area contributed by atoms with Gasteiger partial charge in [0.15, 0.2) is 11.5 Å². The van der Waals surface area contributed by atoms with Gasteiger partial charge in [-0.25, -0.2) is 4.79 Å². The Hall–Kier alpha value is -2.39. The molecule has 9 heteroatoms. The largest absolute Gasteiger partial charge is 0.493 e. The van der Waals surface area contributed by atoms with Crippen LogP contribution in [0.5, 0.6) is 11.5 Å². The maximum atomic E-state index is 13.0. The van der Waals surface area contributed by atoms with E-state index in [4.69, 9.17) is 8.92 Å². The van der Waals surface area contributed by atoms with Gasteiger partial charge in [0.1, 0.15) is 0 Å². The number of carbonyl (C=O) groups is 1. The van der Waals surface area contributed by atoms with Gasteiger partial charge >= 0.3 is 16.1 Å². The molecule has 0 saturated carbocycles. The van der Waals surface area contributed by atoms with Crippen LogP contribution in [0.1, 0.15) is 25.8 Å². The molecule has 0 aliphatic carbocycles. The van der Waals surface area contributed by atoms with Crippen LogP contribution in [0.25, 0.3) is 0 Å². The second kappa shape index (κ2) is 10.6. The molecule has 2 amide bonds. The minimum Gasteiger partial charge on any atom is -0.493 e. The normalized spacial score (nSPS) is 12.2. The van der Waals surface area contributed by atoms with E-state index in [2.05, 4.69) is 5.32 Å². The van der Waals surface area contributed by atoms with E-state index in [0.29, 0.717) is 11.4 Å². The van der Waals surface area contributed by atoms with Gasteiger partial charge in [-0.05, 0) is 61.6 Å². The lowest BCUT2D eigenvalue weighted by Gasteiger charge is -2.29. The highest BCUT2D eigenvalue weighted by Gasteiger charge is 2.21. The number of hydrogen-bond donors (Lipinski definition) is 1. The maximum absolute atomic E-state index is 13.0. The molecule has 30 heavy (non-hydrogen) atoms. The number of hydrogen-bond acceptors (Lipinski definition) is 6. The lowest BCUT2D eigenvalue weighted by molar-refractivity contribution is 0.187.